The summed E-state index contributed by atoms with van der Waals surface area (Å²) >= 11 is 0. The number of rotatable bonds is 4. The molecule has 0 amide bonds. The predicted molar refractivity (Wildman–Crippen MR) is 57.5 cm³/mol. The lowest BCUT2D eigenvalue weighted by Gasteiger charge is -2.36. The van der Waals surface area contributed by atoms with Gasteiger partial charge in [-0.25, -0.2) is 9.59 Å². The Morgan fingerprint density at radius 2 is 1.71 bits per heavy atom. The first-order valence-corrected chi connectivity index (χ1v) is 5.28. The van der Waals surface area contributed by atoms with Crippen LogP contribution in [-0.2, 0) is 19.1 Å². The SMILES string of the molecule is CCC1(C(C(=O)O)=C(C)C(=O)O)COCOC1. The van der Waals surface area contributed by atoms with Crippen LogP contribution < -0.4 is 0 Å². The highest BCUT2D eigenvalue weighted by Gasteiger charge is 2.41. The second kappa shape index (κ2) is 5.29. The lowest BCUT2D eigenvalue weighted by Crippen LogP contribution is -2.42. The van der Waals surface area contributed by atoms with E-state index in [0.717, 1.165) is 0 Å². The number of ether oxygens (including phenoxy) is 2. The largest absolute Gasteiger partial charge is 0.478 e. The molecule has 96 valence electrons. The molecule has 2 N–H and O–H groups in total. The molecule has 0 radical (unpaired) electrons. The molecule has 1 fully saturated rings. The molecule has 0 spiro atoms. The van der Waals surface area contributed by atoms with Crippen molar-refractivity contribution in [3.8, 4) is 0 Å². The first-order valence-electron chi connectivity index (χ1n) is 5.28. The van der Waals surface area contributed by atoms with Gasteiger partial charge in [-0.05, 0) is 13.3 Å². The fourth-order valence-electron chi connectivity index (χ4n) is 1.99. The molecule has 1 saturated heterocycles. The number of carboxylic acid groups (broad SMARTS) is 2. The van der Waals surface area contributed by atoms with Crippen molar-refractivity contribution >= 4 is 11.9 Å². The van der Waals surface area contributed by atoms with E-state index in [1.807, 2.05) is 0 Å². The third-order valence-corrected chi connectivity index (χ3v) is 3.04. The normalized spacial score (nSPS) is 20.6. The van der Waals surface area contributed by atoms with Crippen LogP contribution in [0.5, 0.6) is 0 Å². The number of hydrogen-bond donors (Lipinski definition) is 2. The summed E-state index contributed by atoms with van der Waals surface area (Å²) < 4.78 is 10.2. The maximum absolute atomic E-state index is 11.3. The molecule has 0 aliphatic carbocycles. The second-order valence-electron chi connectivity index (χ2n) is 4.06. The first-order chi connectivity index (χ1) is 7.94. The van der Waals surface area contributed by atoms with E-state index in [4.69, 9.17) is 14.6 Å². The highest BCUT2D eigenvalue weighted by Crippen LogP contribution is 2.36. The van der Waals surface area contributed by atoms with Gasteiger partial charge in [-0.1, -0.05) is 6.92 Å². The Morgan fingerprint density at radius 1 is 1.18 bits per heavy atom. The third kappa shape index (κ3) is 2.65. The minimum Gasteiger partial charge on any atom is -0.478 e. The van der Waals surface area contributed by atoms with Gasteiger partial charge in [-0.2, -0.15) is 0 Å². The Balaban J connectivity index is 3.25. The van der Waals surface area contributed by atoms with Crippen molar-refractivity contribution in [3.05, 3.63) is 11.1 Å². The summed E-state index contributed by atoms with van der Waals surface area (Å²) in [6.07, 6.45) is 0.444. The zero-order valence-corrected chi connectivity index (χ0v) is 9.86. The maximum atomic E-state index is 11.3. The first kappa shape index (κ1) is 13.7. The molecule has 0 atom stereocenters. The van der Waals surface area contributed by atoms with E-state index in [-0.39, 0.29) is 31.2 Å². The van der Waals surface area contributed by atoms with Gasteiger partial charge >= 0.3 is 11.9 Å². The minimum absolute atomic E-state index is 0.112. The van der Waals surface area contributed by atoms with Gasteiger partial charge in [0.05, 0.1) is 18.8 Å². The maximum Gasteiger partial charge on any atom is 0.332 e. The molecule has 1 rings (SSSR count). The molecule has 6 nitrogen and oxygen atoms in total. The molecule has 0 unspecified atom stereocenters. The monoisotopic (exact) mass is 244 g/mol. The molecular formula is C11H16O6. The van der Waals surface area contributed by atoms with E-state index in [9.17, 15) is 14.7 Å². The summed E-state index contributed by atoms with van der Waals surface area (Å²) in [5, 5.41) is 18.1. The lowest BCUT2D eigenvalue weighted by molar-refractivity contribution is -0.162. The van der Waals surface area contributed by atoms with Gasteiger partial charge in [0.15, 0.2) is 0 Å². The van der Waals surface area contributed by atoms with Gasteiger partial charge in [0, 0.05) is 11.0 Å². The van der Waals surface area contributed by atoms with Crippen molar-refractivity contribution in [2.24, 2.45) is 5.41 Å². The number of carbonyl (C=O) groups is 2. The van der Waals surface area contributed by atoms with E-state index in [0.29, 0.717) is 6.42 Å². The van der Waals surface area contributed by atoms with Crippen LogP contribution >= 0.6 is 0 Å². The number of hydrogen-bond acceptors (Lipinski definition) is 4. The van der Waals surface area contributed by atoms with Gasteiger partial charge in [-0.15, -0.1) is 0 Å². The predicted octanol–water partition coefficient (Wildman–Crippen LogP) is 0.873. The summed E-state index contributed by atoms with van der Waals surface area (Å²) in [5.74, 6) is -2.47. The second-order valence-corrected chi connectivity index (χ2v) is 4.06. The van der Waals surface area contributed by atoms with Crippen molar-refractivity contribution in [3.63, 3.8) is 0 Å². The van der Waals surface area contributed by atoms with Crippen LogP contribution in [0.25, 0.3) is 0 Å². The van der Waals surface area contributed by atoms with Crippen LogP contribution in [0, 0.1) is 5.41 Å². The number of aliphatic carboxylic acids is 2. The minimum atomic E-state index is -1.24. The highest BCUT2D eigenvalue weighted by molar-refractivity contribution is 5.99. The van der Waals surface area contributed by atoms with Gasteiger partial charge < -0.3 is 19.7 Å². The van der Waals surface area contributed by atoms with E-state index in [1.165, 1.54) is 6.92 Å². The van der Waals surface area contributed by atoms with Crippen LogP contribution in [0.2, 0.25) is 0 Å². The molecule has 0 aromatic heterocycles. The van der Waals surface area contributed by atoms with Crippen LogP contribution in [0.3, 0.4) is 0 Å². The fraction of sp³-hybridized carbons (Fsp3) is 0.636. The van der Waals surface area contributed by atoms with Crippen LogP contribution in [0.1, 0.15) is 20.3 Å². The molecule has 17 heavy (non-hydrogen) atoms. The summed E-state index contributed by atoms with van der Waals surface area (Å²) in [5.41, 5.74) is -1.19. The van der Waals surface area contributed by atoms with Gasteiger partial charge in [0.2, 0.25) is 0 Å². The van der Waals surface area contributed by atoms with Crippen LogP contribution in [0.4, 0.5) is 0 Å². The summed E-state index contributed by atoms with van der Waals surface area (Å²) in [6.45, 7) is 3.51. The van der Waals surface area contributed by atoms with Gasteiger partial charge in [0.25, 0.3) is 0 Å². The molecule has 1 aliphatic heterocycles. The van der Waals surface area contributed by atoms with E-state index < -0.39 is 17.4 Å². The Bertz CT molecular complexity index is 351. The molecule has 1 aliphatic rings. The van der Waals surface area contributed by atoms with Gasteiger partial charge in [0.1, 0.15) is 6.79 Å². The molecular weight excluding hydrogens is 228 g/mol. The molecule has 6 heteroatoms. The summed E-state index contributed by atoms with van der Waals surface area (Å²) in [4.78, 5) is 22.2. The molecule has 0 aromatic carbocycles. The number of carboxylic acids is 2. The zero-order chi connectivity index (χ0) is 13.1. The van der Waals surface area contributed by atoms with E-state index in [2.05, 4.69) is 0 Å². The van der Waals surface area contributed by atoms with Crippen molar-refractivity contribution in [1.29, 1.82) is 0 Å². The van der Waals surface area contributed by atoms with Gasteiger partial charge in [-0.3, -0.25) is 0 Å². The van der Waals surface area contributed by atoms with Crippen LogP contribution in [-0.4, -0.2) is 42.2 Å². The standard InChI is InChI=1S/C11H16O6/c1-3-11(4-16-6-17-5-11)8(10(14)15)7(2)9(12)13/h3-6H2,1-2H3,(H,12,13)(H,14,15). The topological polar surface area (TPSA) is 93.1 Å². The third-order valence-electron chi connectivity index (χ3n) is 3.04. The fourth-order valence-corrected chi connectivity index (χ4v) is 1.99. The van der Waals surface area contributed by atoms with E-state index >= 15 is 0 Å². The smallest absolute Gasteiger partial charge is 0.332 e. The van der Waals surface area contributed by atoms with Crippen molar-refractivity contribution < 1.29 is 29.3 Å². The summed E-state index contributed by atoms with van der Waals surface area (Å²) in [6, 6.07) is 0. The molecule has 1 heterocycles. The lowest BCUT2D eigenvalue weighted by atomic mass is 9.76. The van der Waals surface area contributed by atoms with Crippen molar-refractivity contribution in [2.45, 2.75) is 20.3 Å². The summed E-state index contributed by atoms with van der Waals surface area (Å²) in [7, 11) is 0. The Hall–Kier alpha value is -1.40. The van der Waals surface area contributed by atoms with E-state index in [1.54, 1.807) is 6.92 Å². The Labute approximate surface area is 98.8 Å². The Kier molecular flexibility index (Phi) is 4.25. The molecule has 0 saturated carbocycles. The zero-order valence-electron chi connectivity index (χ0n) is 9.86. The molecule has 0 aromatic rings. The van der Waals surface area contributed by atoms with Crippen LogP contribution in [0.15, 0.2) is 11.1 Å². The quantitative estimate of drug-likeness (QED) is 0.713. The Morgan fingerprint density at radius 3 is 2.06 bits per heavy atom. The molecule has 0 bridgehead atoms. The highest BCUT2D eigenvalue weighted by atomic mass is 16.7. The average molecular weight is 244 g/mol. The van der Waals surface area contributed by atoms with Crippen molar-refractivity contribution in [2.75, 3.05) is 20.0 Å². The van der Waals surface area contributed by atoms with Crippen molar-refractivity contribution in [1.82, 2.24) is 0 Å². The average Bonchev–Trinajstić information content (AvgIpc) is 2.29.